The molecule has 0 spiro atoms. The van der Waals surface area contributed by atoms with Crippen LogP contribution in [0.5, 0.6) is 0 Å². The molecule has 1 aliphatic carbocycles. The predicted molar refractivity (Wildman–Crippen MR) is 129 cm³/mol. The molecule has 7 nitrogen and oxygen atoms in total. The van der Waals surface area contributed by atoms with Crippen LogP contribution in [0.1, 0.15) is 30.4 Å². The van der Waals surface area contributed by atoms with Crippen LogP contribution < -0.4 is 5.32 Å². The lowest BCUT2D eigenvalue weighted by Gasteiger charge is -2.25. The standard InChI is InChI=1S/C25H30N2O5S/c1-3-17(24(30)27(12-13-33-2)15-23(28)29)14-26-25(31)32-16-22-20-10-6-4-8-18(20)19-9-5-7-11-21(19)22/h4-11,17,22H,3,12-16H2,1-2H3,(H,26,31)(H,28,29). The SMILES string of the molecule is CCC(CNC(=O)OCC1c2ccccc2-c2ccccc21)C(=O)N(CCSC)CC(=O)O. The maximum absolute atomic E-state index is 12.8. The quantitative estimate of drug-likeness (QED) is 0.518. The topological polar surface area (TPSA) is 95.9 Å². The van der Waals surface area contributed by atoms with Crippen molar-refractivity contribution in [3.8, 4) is 11.1 Å². The van der Waals surface area contributed by atoms with Gasteiger partial charge in [0.25, 0.3) is 0 Å². The summed E-state index contributed by atoms with van der Waals surface area (Å²) in [5, 5.41) is 11.8. The Balaban J connectivity index is 1.57. The molecular weight excluding hydrogens is 440 g/mol. The van der Waals surface area contributed by atoms with Crippen LogP contribution in [0, 0.1) is 5.92 Å². The minimum absolute atomic E-state index is 0.0376. The third-order valence-corrected chi connectivity index (χ3v) is 6.47. The molecule has 0 aromatic heterocycles. The van der Waals surface area contributed by atoms with Gasteiger partial charge in [0.15, 0.2) is 0 Å². The van der Waals surface area contributed by atoms with E-state index in [4.69, 9.17) is 9.84 Å². The number of fused-ring (bicyclic) bond motifs is 3. The first-order chi connectivity index (χ1) is 16.0. The second-order valence-electron chi connectivity index (χ2n) is 7.96. The van der Waals surface area contributed by atoms with Crippen LogP contribution in [0.4, 0.5) is 4.79 Å². The Morgan fingerprint density at radius 3 is 2.24 bits per heavy atom. The number of amides is 2. The zero-order valence-corrected chi connectivity index (χ0v) is 19.8. The molecule has 2 amide bonds. The van der Waals surface area contributed by atoms with Crippen LogP contribution >= 0.6 is 11.8 Å². The highest BCUT2D eigenvalue weighted by atomic mass is 32.2. The molecule has 0 bridgehead atoms. The van der Waals surface area contributed by atoms with Gasteiger partial charge < -0.3 is 20.1 Å². The molecule has 0 radical (unpaired) electrons. The first kappa shape index (κ1) is 24.6. The van der Waals surface area contributed by atoms with Crippen molar-refractivity contribution in [3.63, 3.8) is 0 Å². The number of ether oxygens (including phenoxy) is 1. The van der Waals surface area contributed by atoms with Gasteiger partial charge in [-0.2, -0.15) is 11.8 Å². The Morgan fingerprint density at radius 2 is 1.70 bits per heavy atom. The number of hydrogen-bond acceptors (Lipinski definition) is 5. The third-order valence-electron chi connectivity index (χ3n) is 5.88. The number of thioether (sulfide) groups is 1. The fourth-order valence-corrected chi connectivity index (χ4v) is 4.56. The predicted octanol–water partition coefficient (Wildman–Crippen LogP) is 3.83. The molecule has 176 valence electrons. The molecule has 0 heterocycles. The molecule has 0 fully saturated rings. The van der Waals surface area contributed by atoms with Gasteiger partial charge in [0.1, 0.15) is 13.2 Å². The van der Waals surface area contributed by atoms with Crippen LogP contribution in [0.25, 0.3) is 11.1 Å². The lowest BCUT2D eigenvalue weighted by molar-refractivity contribution is -0.146. The number of carboxylic acids is 1. The van der Waals surface area contributed by atoms with Crippen molar-refractivity contribution >= 4 is 29.7 Å². The third kappa shape index (κ3) is 6.07. The Bertz CT molecular complexity index is 951. The summed E-state index contributed by atoms with van der Waals surface area (Å²) < 4.78 is 5.53. The lowest BCUT2D eigenvalue weighted by Crippen LogP contribution is -2.44. The molecule has 1 atom stereocenters. The fourth-order valence-electron chi connectivity index (χ4n) is 4.15. The van der Waals surface area contributed by atoms with E-state index in [0.717, 1.165) is 22.3 Å². The number of benzene rings is 2. The second-order valence-corrected chi connectivity index (χ2v) is 8.94. The van der Waals surface area contributed by atoms with Gasteiger partial charge in [-0.1, -0.05) is 55.5 Å². The maximum atomic E-state index is 12.8. The average molecular weight is 471 g/mol. The van der Waals surface area contributed by atoms with Crippen molar-refractivity contribution in [3.05, 3.63) is 59.7 Å². The van der Waals surface area contributed by atoms with Crippen molar-refractivity contribution in [2.75, 3.05) is 38.2 Å². The van der Waals surface area contributed by atoms with Crippen molar-refractivity contribution in [1.29, 1.82) is 0 Å². The van der Waals surface area contributed by atoms with Gasteiger partial charge in [0, 0.05) is 24.8 Å². The fraction of sp³-hybridized carbons (Fsp3) is 0.400. The Morgan fingerprint density at radius 1 is 1.09 bits per heavy atom. The maximum Gasteiger partial charge on any atom is 0.407 e. The molecule has 2 aromatic carbocycles. The highest BCUT2D eigenvalue weighted by Crippen LogP contribution is 2.44. The number of nitrogens with zero attached hydrogens (tertiary/aromatic N) is 1. The van der Waals surface area contributed by atoms with E-state index in [-0.39, 0.29) is 31.5 Å². The van der Waals surface area contributed by atoms with Gasteiger partial charge in [-0.15, -0.1) is 0 Å². The summed E-state index contributed by atoms with van der Waals surface area (Å²) in [5.41, 5.74) is 4.57. The summed E-state index contributed by atoms with van der Waals surface area (Å²) >= 11 is 1.54. The smallest absolute Gasteiger partial charge is 0.407 e. The summed E-state index contributed by atoms with van der Waals surface area (Å²) in [5.74, 6) is -1.22. The Kier molecular flexibility index (Phi) is 8.77. The minimum atomic E-state index is -1.05. The Labute approximate surface area is 198 Å². The van der Waals surface area contributed by atoms with E-state index in [1.807, 2.05) is 37.4 Å². The van der Waals surface area contributed by atoms with Crippen LogP contribution in [-0.4, -0.2) is 66.2 Å². The second kappa shape index (κ2) is 11.7. The molecule has 2 aromatic rings. The van der Waals surface area contributed by atoms with E-state index in [2.05, 4.69) is 29.6 Å². The van der Waals surface area contributed by atoms with Gasteiger partial charge in [-0.05, 0) is 34.9 Å². The molecule has 8 heteroatoms. The molecule has 0 saturated heterocycles. The van der Waals surface area contributed by atoms with Gasteiger partial charge in [0.2, 0.25) is 5.91 Å². The highest BCUT2D eigenvalue weighted by molar-refractivity contribution is 7.98. The van der Waals surface area contributed by atoms with Crippen LogP contribution in [-0.2, 0) is 14.3 Å². The highest BCUT2D eigenvalue weighted by Gasteiger charge is 2.29. The molecular formula is C25H30N2O5S. The van der Waals surface area contributed by atoms with Gasteiger partial charge in [-0.25, -0.2) is 4.79 Å². The van der Waals surface area contributed by atoms with Crippen molar-refractivity contribution < 1.29 is 24.2 Å². The summed E-state index contributed by atoms with van der Waals surface area (Å²) in [7, 11) is 0. The summed E-state index contributed by atoms with van der Waals surface area (Å²) in [4.78, 5) is 37.8. The van der Waals surface area contributed by atoms with E-state index in [1.54, 1.807) is 11.8 Å². The largest absolute Gasteiger partial charge is 0.480 e. The van der Waals surface area contributed by atoms with Gasteiger partial charge >= 0.3 is 12.1 Å². The number of carboxylic acid groups (broad SMARTS) is 1. The number of hydrogen-bond donors (Lipinski definition) is 2. The van der Waals surface area contributed by atoms with Gasteiger partial charge in [-0.3, -0.25) is 9.59 Å². The zero-order valence-electron chi connectivity index (χ0n) is 19.0. The van der Waals surface area contributed by atoms with E-state index >= 15 is 0 Å². The normalized spacial score (nSPS) is 13.0. The Hall–Kier alpha value is -3.00. The average Bonchev–Trinajstić information content (AvgIpc) is 3.14. The number of alkyl carbamates (subject to hydrolysis) is 1. The monoisotopic (exact) mass is 470 g/mol. The van der Waals surface area contributed by atoms with E-state index in [1.165, 1.54) is 4.90 Å². The molecule has 1 aliphatic rings. The molecule has 2 N–H and O–H groups in total. The van der Waals surface area contributed by atoms with E-state index in [0.29, 0.717) is 18.7 Å². The van der Waals surface area contributed by atoms with Crippen LogP contribution in [0.3, 0.4) is 0 Å². The van der Waals surface area contributed by atoms with E-state index in [9.17, 15) is 14.4 Å². The molecule has 0 aliphatic heterocycles. The number of carbonyl (C=O) groups excluding carboxylic acids is 2. The molecule has 3 rings (SSSR count). The first-order valence-corrected chi connectivity index (χ1v) is 12.4. The van der Waals surface area contributed by atoms with Crippen molar-refractivity contribution in [2.24, 2.45) is 5.92 Å². The summed E-state index contributed by atoms with van der Waals surface area (Å²) in [6.45, 7) is 2.15. The van der Waals surface area contributed by atoms with E-state index < -0.39 is 18.0 Å². The number of carbonyl (C=O) groups is 3. The number of aliphatic carboxylic acids is 1. The minimum Gasteiger partial charge on any atom is -0.480 e. The molecule has 33 heavy (non-hydrogen) atoms. The van der Waals surface area contributed by atoms with Gasteiger partial charge in [0.05, 0.1) is 5.92 Å². The number of rotatable bonds is 11. The first-order valence-electron chi connectivity index (χ1n) is 11.0. The van der Waals surface area contributed by atoms with Crippen LogP contribution in [0.2, 0.25) is 0 Å². The zero-order chi connectivity index (χ0) is 23.8. The van der Waals surface area contributed by atoms with Crippen LogP contribution in [0.15, 0.2) is 48.5 Å². The summed E-state index contributed by atoms with van der Waals surface area (Å²) in [6.07, 6.45) is 1.80. The van der Waals surface area contributed by atoms with Crippen molar-refractivity contribution in [2.45, 2.75) is 19.3 Å². The number of nitrogens with one attached hydrogen (secondary N) is 1. The lowest BCUT2D eigenvalue weighted by atomic mass is 9.98. The molecule has 1 unspecified atom stereocenters. The molecule has 0 saturated carbocycles. The van der Waals surface area contributed by atoms with Crippen molar-refractivity contribution in [1.82, 2.24) is 10.2 Å². The summed E-state index contributed by atoms with van der Waals surface area (Å²) in [6, 6.07) is 16.2.